The summed E-state index contributed by atoms with van der Waals surface area (Å²) in [7, 11) is 0. The van der Waals surface area contributed by atoms with Gasteiger partial charge in [-0.1, -0.05) is 360 Å². The minimum Gasteiger partial charge on any atom is -0.466 e. The van der Waals surface area contributed by atoms with Crippen molar-refractivity contribution < 1.29 is 24.5 Å². The summed E-state index contributed by atoms with van der Waals surface area (Å²) in [5, 5.41) is 23.0. The number of unbranched alkanes of at least 4 members (excludes halogenated alkanes) is 54. The number of nitrogens with one attached hydrogen (secondary N) is 1. The van der Waals surface area contributed by atoms with E-state index >= 15 is 0 Å². The minimum absolute atomic E-state index is 0.0253. The van der Waals surface area contributed by atoms with E-state index in [1.807, 2.05) is 6.08 Å². The highest BCUT2D eigenvalue weighted by molar-refractivity contribution is 5.76. The van der Waals surface area contributed by atoms with E-state index in [4.69, 9.17) is 4.74 Å². The number of carbonyl (C=O) groups is 2. The highest BCUT2D eigenvalue weighted by Crippen LogP contribution is 2.19. The van der Waals surface area contributed by atoms with Crippen LogP contribution in [0.25, 0.3) is 0 Å². The average molecular weight is 1060 g/mol. The van der Waals surface area contributed by atoms with Gasteiger partial charge in [-0.2, -0.15) is 0 Å². The number of hydrogen-bond acceptors (Lipinski definition) is 5. The van der Waals surface area contributed by atoms with E-state index in [9.17, 15) is 19.8 Å². The van der Waals surface area contributed by atoms with E-state index in [1.165, 1.54) is 327 Å². The van der Waals surface area contributed by atoms with E-state index in [2.05, 4.69) is 19.2 Å². The van der Waals surface area contributed by atoms with Crippen molar-refractivity contribution in [1.29, 1.82) is 0 Å². The molecule has 0 bridgehead atoms. The van der Waals surface area contributed by atoms with Gasteiger partial charge in [0.15, 0.2) is 0 Å². The minimum atomic E-state index is -0.837. The molecule has 0 heterocycles. The van der Waals surface area contributed by atoms with Gasteiger partial charge in [-0.25, -0.2) is 0 Å². The van der Waals surface area contributed by atoms with Gasteiger partial charge in [-0.3, -0.25) is 9.59 Å². The fourth-order valence-corrected chi connectivity index (χ4v) is 11.1. The highest BCUT2D eigenvalue weighted by Gasteiger charge is 2.18. The van der Waals surface area contributed by atoms with Gasteiger partial charge in [-0.15, -0.1) is 0 Å². The van der Waals surface area contributed by atoms with Crippen molar-refractivity contribution in [3.63, 3.8) is 0 Å². The van der Waals surface area contributed by atoms with E-state index in [-0.39, 0.29) is 18.5 Å². The lowest BCUT2D eigenvalue weighted by molar-refractivity contribution is -0.143. The lowest BCUT2D eigenvalue weighted by Gasteiger charge is -2.20. The van der Waals surface area contributed by atoms with Gasteiger partial charge >= 0.3 is 5.97 Å². The zero-order valence-corrected chi connectivity index (χ0v) is 51.1. The molecule has 0 aliphatic carbocycles. The molecule has 0 aromatic heterocycles. The van der Waals surface area contributed by atoms with Crippen molar-refractivity contribution in [2.75, 3.05) is 13.2 Å². The third-order valence-corrected chi connectivity index (χ3v) is 16.3. The summed E-state index contributed by atoms with van der Waals surface area (Å²) in [6.45, 7) is 4.91. The third kappa shape index (κ3) is 61.7. The first-order valence-electron chi connectivity index (χ1n) is 34.5. The lowest BCUT2D eigenvalue weighted by atomic mass is 10.0. The molecule has 3 N–H and O–H groups in total. The fourth-order valence-electron chi connectivity index (χ4n) is 11.1. The maximum absolute atomic E-state index is 12.4. The molecule has 0 aromatic rings. The van der Waals surface area contributed by atoms with E-state index in [0.717, 1.165) is 38.5 Å². The Hall–Kier alpha value is -1.40. The van der Waals surface area contributed by atoms with Gasteiger partial charge in [0, 0.05) is 12.8 Å². The second kappa shape index (κ2) is 65.1. The molecule has 446 valence electrons. The first-order valence-corrected chi connectivity index (χ1v) is 34.5. The number of rotatable bonds is 65. The van der Waals surface area contributed by atoms with Crippen LogP contribution >= 0.6 is 0 Å². The maximum atomic E-state index is 12.4. The van der Waals surface area contributed by atoms with E-state index in [1.54, 1.807) is 6.08 Å². The molecule has 75 heavy (non-hydrogen) atoms. The summed E-state index contributed by atoms with van der Waals surface area (Å²) in [5.74, 6) is -0.0383. The second-order valence-corrected chi connectivity index (χ2v) is 23.9. The zero-order chi connectivity index (χ0) is 54.3. The van der Waals surface area contributed by atoms with Crippen molar-refractivity contribution in [3.8, 4) is 0 Å². The molecule has 0 aliphatic heterocycles. The summed E-state index contributed by atoms with van der Waals surface area (Å²) in [5.41, 5.74) is 0. The topological polar surface area (TPSA) is 95.9 Å². The number of allylic oxidation sites excluding steroid dienone is 1. The van der Waals surface area contributed by atoms with Crippen LogP contribution in [-0.2, 0) is 14.3 Å². The SMILES string of the molecule is CCCCCCCCC/C=C/C(O)C(CO)NC(=O)CCCCCCCCCCCCCCCCCCCCCCCCCCCCCCCCCCCCCOC(=O)CCCCCCCCCCCCCCCC. The van der Waals surface area contributed by atoms with Crippen LogP contribution in [0.2, 0.25) is 0 Å². The first-order chi connectivity index (χ1) is 37.0. The van der Waals surface area contributed by atoms with E-state index < -0.39 is 12.1 Å². The fraction of sp³-hybridized carbons (Fsp3) is 0.942. The Bertz CT molecular complexity index is 1130. The van der Waals surface area contributed by atoms with Crippen LogP contribution in [0.5, 0.6) is 0 Å². The number of ether oxygens (including phenoxy) is 1. The van der Waals surface area contributed by atoms with Crippen LogP contribution in [-0.4, -0.2) is 47.4 Å². The Morgan fingerprint density at radius 2 is 0.613 bits per heavy atom. The predicted octanol–water partition coefficient (Wildman–Crippen LogP) is 22.0. The Balaban J connectivity index is 3.27. The third-order valence-electron chi connectivity index (χ3n) is 16.3. The molecule has 0 fully saturated rings. The summed E-state index contributed by atoms with van der Waals surface area (Å²) < 4.78 is 5.50. The first kappa shape index (κ1) is 73.6. The van der Waals surface area contributed by atoms with Gasteiger partial charge < -0.3 is 20.3 Å². The molecule has 0 saturated carbocycles. The van der Waals surface area contributed by atoms with Gasteiger partial charge in [0.05, 0.1) is 25.4 Å². The number of amides is 1. The van der Waals surface area contributed by atoms with Gasteiger partial charge in [0.25, 0.3) is 0 Å². The number of carbonyl (C=O) groups excluding carboxylic acids is 2. The molecule has 0 spiro atoms. The smallest absolute Gasteiger partial charge is 0.305 e. The molecule has 2 unspecified atom stereocenters. The van der Waals surface area contributed by atoms with Crippen molar-refractivity contribution in [2.24, 2.45) is 0 Å². The van der Waals surface area contributed by atoms with Gasteiger partial charge in [0.2, 0.25) is 5.91 Å². The van der Waals surface area contributed by atoms with Crippen LogP contribution < -0.4 is 5.32 Å². The molecular weight excluding hydrogens is 923 g/mol. The summed E-state index contributed by atoms with van der Waals surface area (Å²) >= 11 is 0. The Morgan fingerprint density at radius 3 is 0.907 bits per heavy atom. The normalized spacial score (nSPS) is 12.5. The summed E-state index contributed by atoms with van der Waals surface area (Å²) in [6, 6.07) is -0.620. The molecule has 6 nitrogen and oxygen atoms in total. The van der Waals surface area contributed by atoms with Crippen LogP contribution in [0.3, 0.4) is 0 Å². The van der Waals surface area contributed by atoms with Crippen molar-refractivity contribution in [1.82, 2.24) is 5.32 Å². The molecule has 1 amide bonds. The van der Waals surface area contributed by atoms with Gasteiger partial charge in [-0.05, 0) is 32.1 Å². The largest absolute Gasteiger partial charge is 0.466 e. The Morgan fingerprint density at radius 1 is 0.360 bits per heavy atom. The second-order valence-electron chi connectivity index (χ2n) is 23.9. The Kier molecular flexibility index (Phi) is 63.9. The maximum Gasteiger partial charge on any atom is 0.305 e. The molecule has 2 atom stereocenters. The highest BCUT2D eigenvalue weighted by atomic mass is 16.5. The van der Waals surface area contributed by atoms with Crippen LogP contribution in [0.15, 0.2) is 12.2 Å². The molecule has 6 heteroatoms. The molecule has 0 aliphatic rings. The molecular formula is C69H135NO5. The summed E-state index contributed by atoms with van der Waals surface area (Å²) in [4.78, 5) is 24.5. The monoisotopic (exact) mass is 1060 g/mol. The predicted molar refractivity (Wildman–Crippen MR) is 329 cm³/mol. The van der Waals surface area contributed by atoms with Crippen LogP contribution in [0.1, 0.15) is 393 Å². The molecule has 0 rings (SSSR count). The molecule has 0 saturated heterocycles. The van der Waals surface area contributed by atoms with Gasteiger partial charge in [0.1, 0.15) is 0 Å². The molecule has 0 aromatic carbocycles. The number of hydrogen-bond donors (Lipinski definition) is 3. The van der Waals surface area contributed by atoms with Crippen molar-refractivity contribution in [2.45, 2.75) is 405 Å². The number of esters is 1. The standard InChI is InChI=1S/C69H135NO5/c1-3-5-7-9-11-13-14-15-40-43-47-51-55-59-63-69(74)75-64-60-56-52-48-44-41-38-36-34-32-30-28-26-24-22-20-18-16-17-19-21-23-25-27-29-31-33-35-37-39-42-46-50-54-58-62-68(73)70-66(65-71)67(72)61-57-53-49-45-12-10-8-6-4-2/h57,61,66-67,71-72H,3-56,58-60,62-65H2,1-2H3,(H,70,73)/b61-57+. The molecule has 0 radical (unpaired) electrons. The van der Waals surface area contributed by atoms with Crippen molar-refractivity contribution in [3.05, 3.63) is 12.2 Å². The number of aliphatic hydroxyl groups excluding tert-OH is 2. The lowest BCUT2D eigenvalue weighted by Crippen LogP contribution is -2.45. The van der Waals surface area contributed by atoms with Crippen molar-refractivity contribution >= 4 is 11.9 Å². The quantitative estimate of drug-likeness (QED) is 0.0320. The Labute approximate surface area is 469 Å². The van der Waals surface area contributed by atoms with Crippen LogP contribution in [0, 0.1) is 0 Å². The zero-order valence-electron chi connectivity index (χ0n) is 51.1. The average Bonchev–Trinajstić information content (AvgIpc) is 3.41. The van der Waals surface area contributed by atoms with Crippen LogP contribution in [0.4, 0.5) is 0 Å². The summed E-state index contributed by atoms with van der Waals surface area (Å²) in [6.07, 6.45) is 80.3. The van der Waals surface area contributed by atoms with E-state index in [0.29, 0.717) is 19.4 Å². The number of aliphatic hydroxyl groups is 2.